The lowest BCUT2D eigenvalue weighted by Crippen LogP contribution is -2.14. The number of nitrogens with zero attached hydrogens (tertiary/aromatic N) is 1. The number of rotatable bonds is 5. The summed E-state index contributed by atoms with van der Waals surface area (Å²) in [5.41, 5.74) is 3.65. The number of amides is 1. The highest BCUT2D eigenvalue weighted by atomic mass is 32.1. The van der Waals surface area contributed by atoms with Crippen LogP contribution in [0.15, 0.2) is 72.8 Å². The van der Waals surface area contributed by atoms with Gasteiger partial charge in [-0.05, 0) is 41.5 Å². The van der Waals surface area contributed by atoms with Crippen LogP contribution in [0.5, 0.6) is 0 Å². The molecule has 0 atom stereocenters. The van der Waals surface area contributed by atoms with Crippen LogP contribution in [0.2, 0.25) is 0 Å². The molecule has 0 radical (unpaired) electrons. The van der Waals surface area contributed by atoms with Gasteiger partial charge in [0.2, 0.25) is 5.91 Å². The minimum atomic E-state index is -1.03. The van der Waals surface area contributed by atoms with Crippen molar-refractivity contribution >= 4 is 39.1 Å². The Bertz CT molecular complexity index is 1170. The maximum absolute atomic E-state index is 12.3. The van der Waals surface area contributed by atoms with Crippen molar-refractivity contribution in [2.24, 2.45) is 0 Å². The molecule has 0 aliphatic rings. The summed E-state index contributed by atoms with van der Waals surface area (Å²) < 4.78 is 1.02. The van der Waals surface area contributed by atoms with Crippen LogP contribution >= 0.6 is 11.3 Å². The van der Waals surface area contributed by atoms with E-state index in [1.165, 1.54) is 23.5 Å². The van der Waals surface area contributed by atoms with Gasteiger partial charge in [-0.3, -0.25) is 4.79 Å². The first-order chi connectivity index (χ1) is 13.6. The number of thiazole rings is 1. The van der Waals surface area contributed by atoms with Gasteiger partial charge < -0.3 is 10.4 Å². The Morgan fingerprint density at radius 3 is 2.54 bits per heavy atom. The lowest BCUT2D eigenvalue weighted by atomic mass is 10.1. The van der Waals surface area contributed by atoms with Gasteiger partial charge in [-0.15, -0.1) is 11.3 Å². The lowest BCUT2D eigenvalue weighted by molar-refractivity contribution is -0.115. The number of benzene rings is 3. The number of carbonyl (C=O) groups excluding carboxylic acids is 1. The van der Waals surface area contributed by atoms with E-state index in [-0.39, 0.29) is 17.9 Å². The number of carboxylic acids is 1. The van der Waals surface area contributed by atoms with Crippen molar-refractivity contribution in [2.75, 3.05) is 5.32 Å². The minimum absolute atomic E-state index is 0.131. The smallest absolute Gasteiger partial charge is 0.335 e. The maximum Gasteiger partial charge on any atom is 0.335 e. The summed E-state index contributed by atoms with van der Waals surface area (Å²) in [6.07, 6.45) is 0.136. The van der Waals surface area contributed by atoms with Crippen molar-refractivity contribution in [3.63, 3.8) is 0 Å². The van der Waals surface area contributed by atoms with Gasteiger partial charge in [0, 0.05) is 5.69 Å². The Morgan fingerprint density at radius 1 is 0.929 bits per heavy atom. The van der Waals surface area contributed by atoms with Gasteiger partial charge in [0.15, 0.2) is 0 Å². The molecule has 2 N–H and O–H groups in total. The van der Waals surface area contributed by atoms with Crippen LogP contribution in [-0.2, 0) is 11.2 Å². The Balaban J connectivity index is 1.51. The zero-order valence-electron chi connectivity index (χ0n) is 14.8. The molecule has 0 saturated heterocycles. The highest BCUT2D eigenvalue weighted by Gasteiger charge is 2.11. The number of hydrogen-bond acceptors (Lipinski definition) is 4. The number of aromatic nitrogens is 1. The molecule has 0 bridgehead atoms. The second kappa shape index (κ2) is 7.62. The molecule has 1 amide bonds. The van der Waals surface area contributed by atoms with Crippen LogP contribution in [0.25, 0.3) is 21.3 Å². The number of carbonyl (C=O) groups is 2. The molecule has 28 heavy (non-hydrogen) atoms. The normalized spacial score (nSPS) is 10.7. The molecule has 4 aromatic rings. The molecule has 5 nitrogen and oxygen atoms in total. The Labute approximate surface area is 165 Å². The number of fused-ring (bicyclic) bond motifs is 1. The van der Waals surface area contributed by atoms with E-state index in [1.54, 1.807) is 12.1 Å². The summed E-state index contributed by atoms with van der Waals surface area (Å²) in [6, 6.07) is 22.3. The summed E-state index contributed by atoms with van der Waals surface area (Å²) in [6.45, 7) is 0. The summed E-state index contributed by atoms with van der Waals surface area (Å²) >= 11 is 1.48. The Kier molecular flexibility index (Phi) is 4.87. The molecule has 0 fully saturated rings. The second-order valence-corrected chi connectivity index (χ2v) is 7.38. The van der Waals surface area contributed by atoms with Gasteiger partial charge in [-0.2, -0.15) is 0 Å². The topological polar surface area (TPSA) is 79.3 Å². The fraction of sp³-hybridized carbons (Fsp3) is 0.0455. The molecule has 0 spiro atoms. The summed E-state index contributed by atoms with van der Waals surface area (Å²) in [7, 11) is 0. The average Bonchev–Trinajstić information content (AvgIpc) is 3.10. The minimum Gasteiger partial charge on any atom is -0.478 e. The van der Waals surface area contributed by atoms with Crippen molar-refractivity contribution in [2.45, 2.75) is 6.42 Å². The lowest BCUT2D eigenvalue weighted by Gasteiger charge is -2.04. The first-order valence-electron chi connectivity index (χ1n) is 8.66. The van der Waals surface area contributed by atoms with Crippen LogP contribution in [-0.4, -0.2) is 22.0 Å². The number of aromatic carboxylic acids is 1. The van der Waals surface area contributed by atoms with Crippen LogP contribution in [0, 0.1) is 0 Å². The predicted octanol–water partition coefficient (Wildman–Crippen LogP) is 4.84. The molecule has 138 valence electrons. The molecule has 4 rings (SSSR count). The van der Waals surface area contributed by atoms with Crippen LogP contribution in [0.1, 0.15) is 15.4 Å². The van der Waals surface area contributed by atoms with Crippen LogP contribution in [0.3, 0.4) is 0 Å². The monoisotopic (exact) mass is 388 g/mol. The van der Waals surface area contributed by atoms with E-state index in [1.807, 2.05) is 42.5 Å². The molecule has 0 saturated carbocycles. The summed E-state index contributed by atoms with van der Waals surface area (Å²) in [4.78, 5) is 28.0. The largest absolute Gasteiger partial charge is 0.478 e. The van der Waals surface area contributed by atoms with Gasteiger partial charge in [-0.1, -0.05) is 42.5 Å². The number of nitrogens with one attached hydrogen (secondary N) is 1. The standard InChI is InChI=1S/C22H16N2O3S/c25-20(23-17-8-4-7-16(11-17)22(26)27)13-21-24-18-12-15(9-10-19(18)28-21)14-5-2-1-3-6-14/h1-12H,13H2,(H,23,25)(H,26,27). The third-order valence-corrected chi connectivity index (χ3v) is 5.28. The highest BCUT2D eigenvalue weighted by Crippen LogP contribution is 2.28. The van der Waals surface area contributed by atoms with Gasteiger partial charge in [0.25, 0.3) is 0 Å². The van der Waals surface area contributed by atoms with E-state index in [0.717, 1.165) is 21.3 Å². The van der Waals surface area contributed by atoms with Crippen LogP contribution < -0.4 is 5.32 Å². The molecule has 0 unspecified atom stereocenters. The quantitative estimate of drug-likeness (QED) is 0.513. The second-order valence-electron chi connectivity index (χ2n) is 6.27. The van der Waals surface area contributed by atoms with Crippen molar-refractivity contribution in [1.29, 1.82) is 0 Å². The van der Waals surface area contributed by atoms with Crippen molar-refractivity contribution in [3.05, 3.63) is 83.4 Å². The van der Waals surface area contributed by atoms with Crippen molar-refractivity contribution in [1.82, 2.24) is 4.98 Å². The Morgan fingerprint density at radius 2 is 1.75 bits per heavy atom. The van der Waals surface area contributed by atoms with E-state index >= 15 is 0 Å². The highest BCUT2D eigenvalue weighted by molar-refractivity contribution is 7.18. The first kappa shape index (κ1) is 17.9. The molecule has 0 aliphatic heterocycles. The van der Waals surface area contributed by atoms with E-state index in [2.05, 4.69) is 16.4 Å². The Hall–Kier alpha value is -3.51. The number of hydrogen-bond donors (Lipinski definition) is 2. The van der Waals surface area contributed by atoms with Crippen molar-refractivity contribution < 1.29 is 14.7 Å². The molecule has 6 heteroatoms. The van der Waals surface area contributed by atoms with Crippen LogP contribution in [0.4, 0.5) is 5.69 Å². The molecule has 1 heterocycles. The SMILES string of the molecule is O=C(Cc1nc2cc(-c3ccccc3)ccc2s1)Nc1cccc(C(=O)O)c1. The molecular formula is C22H16N2O3S. The summed E-state index contributed by atoms with van der Waals surface area (Å²) in [5.74, 6) is -1.26. The molecule has 1 aromatic heterocycles. The van der Waals surface area contributed by atoms with E-state index in [4.69, 9.17) is 5.11 Å². The van der Waals surface area contributed by atoms with Crippen molar-refractivity contribution in [3.8, 4) is 11.1 Å². The fourth-order valence-corrected chi connectivity index (χ4v) is 3.88. The third kappa shape index (κ3) is 3.92. The molecule has 0 aliphatic carbocycles. The van der Waals surface area contributed by atoms with Gasteiger partial charge >= 0.3 is 5.97 Å². The van der Waals surface area contributed by atoms with E-state index < -0.39 is 5.97 Å². The zero-order valence-corrected chi connectivity index (χ0v) is 15.6. The molecule has 3 aromatic carbocycles. The number of carboxylic acid groups (broad SMARTS) is 1. The maximum atomic E-state index is 12.3. The zero-order chi connectivity index (χ0) is 19.5. The van der Waals surface area contributed by atoms with Gasteiger partial charge in [-0.25, -0.2) is 9.78 Å². The number of anilines is 1. The van der Waals surface area contributed by atoms with Gasteiger partial charge in [0.1, 0.15) is 5.01 Å². The van der Waals surface area contributed by atoms with E-state index in [0.29, 0.717) is 10.7 Å². The third-order valence-electron chi connectivity index (χ3n) is 4.24. The molecular weight excluding hydrogens is 372 g/mol. The fourth-order valence-electron chi connectivity index (χ4n) is 2.93. The average molecular weight is 388 g/mol. The summed E-state index contributed by atoms with van der Waals surface area (Å²) in [5, 5.41) is 12.5. The first-order valence-corrected chi connectivity index (χ1v) is 9.48. The van der Waals surface area contributed by atoms with E-state index in [9.17, 15) is 9.59 Å². The predicted molar refractivity (Wildman–Crippen MR) is 111 cm³/mol. The van der Waals surface area contributed by atoms with Gasteiger partial charge in [0.05, 0.1) is 22.2 Å².